The van der Waals surface area contributed by atoms with Crippen LogP contribution in [-0.4, -0.2) is 17.5 Å². The monoisotopic (exact) mass is 235 g/mol. The molecule has 3 N–H and O–H groups in total. The van der Waals surface area contributed by atoms with Gasteiger partial charge in [0.05, 0.1) is 15.0 Å². The summed E-state index contributed by atoms with van der Waals surface area (Å²) >= 11 is 4.39. The zero-order chi connectivity index (χ0) is 8.43. The Balaban J connectivity index is 3.04. The molecule has 0 fully saturated rings. The fourth-order valence-electron chi connectivity index (χ4n) is 0.634. The third-order valence-electron chi connectivity index (χ3n) is 1.18. The molecule has 1 rings (SSSR count). The van der Waals surface area contributed by atoms with Gasteiger partial charge >= 0.3 is 0 Å². The fourth-order valence-corrected chi connectivity index (χ4v) is 2.02. The van der Waals surface area contributed by atoms with E-state index in [1.54, 1.807) is 5.38 Å². The number of anilines is 1. The lowest BCUT2D eigenvalue weighted by molar-refractivity contribution is 0.0908. The summed E-state index contributed by atoms with van der Waals surface area (Å²) in [6.45, 7) is -0.489. The molecule has 0 unspecified atom stereocenters. The van der Waals surface area contributed by atoms with E-state index in [0.29, 0.717) is 15.0 Å². The number of nitrogen functional groups attached to an aromatic ring is 1. The van der Waals surface area contributed by atoms with Crippen molar-refractivity contribution in [1.29, 1.82) is 0 Å². The van der Waals surface area contributed by atoms with Gasteiger partial charge in [-0.2, -0.15) is 0 Å². The van der Waals surface area contributed by atoms with Crippen LogP contribution in [0.3, 0.4) is 0 Å². The first kappa shape index (κ1) is 8.70. The second kappa shape index (κ2) is 3.34. The van der Waals surface area contributed by atoms with Gasteiger partial charge in [0.1, 0.15) is 6.61 Å². The van der Waals surface area contributed by atoms with Crippen LogP contribution in [0.4, 0.5) is 5.69 Å². The maximum Gasteiger partial charge on any atom is 0.200 e. The SMILES string of the molecule is Nc1c(Br)csc1C(=O)CO. The number of ketones is 1. The van der Waals surface area contributed by atoms with E-state index in [4.69, 9.17) is 10.8 Å². The van der Waals surface area contributed by atoms with Crippen LogP contribution in [0.5, 0.6) is 0 Å². The summed E-state index contributed by atoms with van der Waals surface area (Å²) < 4.78 is 0.708. The number of hydrogen-bond donors (Lipinski definition) is 2. The molecule has 0 spiro atoms. The molecule has 0 aliphatic heterocycles. The molecule has 0 bridgehead atoms. The smallest absolute Gasteiger partial charge is 0.200 e. The summed E-state index contributed by atoms with van der Waals surface area (Å²) in [6.07, 6.45) is 0. The van der Waals surface area contributed by atoms with E-state index in [-0.39, 0.29) is 5.78 Å². The third kappa shape index (κ3) is 1.61. The van der Waals surface area contributed by atoms with E-state index < -0.39 is 6.61 Å². The third-order valence-corrected chi connectivity index (χ3v) is 3.18. The number of carbonyl (C=O) groups excluding carboxylic acids is 1. The number of aliphatic hydroxyl groups excluding tert-OH is 1. The van der Waals surface area contributed by atoms with Crippen LogP contribution in [0.1, 0.15) is 9.67 Å². The summed E-state index contributed by atoms with van der Waals surface area (Å²) in [5.41, 5.74) is 5.92. The predicted molar refractivity (Wildman–Crippen MR) is 47.8 cm³/mol. The second-order valence-electron chi connectivity index (χ2n) is 1.91. The molecule has 0 amide bonds. The van der Waals surface area contributed by atoms with Crippen LogP contribution in [0.25, 0.3) is 0 Å². The number of aliphatic hydroxyl groups is 1. The van der Waals surface area contributed by atoms with Gasteiger partial charge in [-0.25, -0.2) is 0 Å². The molecule has 0 aliphatic carbocycles. The van der Waals surface area contributed by atoms with Crippen LogP contribution in [0.15, 0.2) is 9.85 Å². The molecular weight excluding hydrogens is 230 g/mol. The molecule has 5 heteroatoms. The van der Waals surface area contributed by atoms with Gasteiger partial charge < -0.3 is 10.8 Å². The van der Waals surface area contributed by atoms with Crippen LogP contribution in [0.2, 0.25) is 0 Å². The van der Waals surface area contributed by atoms with Crippen LogP contribution >= 0.6 is 27.3 Å². The largest absolute Gasteiger partial charge is 0.397 e. The first-order valence-electron chi connectivity index (χ1n) is 2.83. The minimum Gasteiger partial charge on any atom is -0.397 e. The topological polar surface area (TPSA) is 63.3 Å². The number of carbonyl (C=O) groups is 1. The molecule has 0 radical (unpaired) electrons. The molecule has 0 aromatic carbocycles. The van der Waals surface area contributed by atoms with Gasteiger partial charge in [-0.15, -0.1) is 11.3 Å². The Hall–Kier alpha value is -0.390. The second-order valence-corrected chi connectivity index (χ2v) is 3.64. The lowest BCUT2D eigenvalue weighted by Crippen LogP contribution is -2.04. The van der Waals surface area contributed by atoms with Crippen molar-refractivity contribution in [3.05, 3.63) is 14.7 Å². The van der Waals surface area contributed by atoms with Gasteiger partial charge in [-0.3, -0.25) is 4.79 Å². The van der Waals surface area contributed by atoms with E-state index in [2.05, 4.69) is 15.9 Å². The molecular formula is C6H6BrNO2S. The van der Waals surface area contributed by atoms with Gasteiger partial charge in [0.2, 0.25) is 0 Å². The highest BCUT2D eigenvalue weighted by atomic mass is 79.9. The molecule has 60 valence electrons. The highest BCUT2D eigenvalue weighted by Crippen LogP contribution is 2.29. The van der Waals surface area contributed by atoms with Crippen molar-refractivity contribution >= 4 is 38.7 Å². The normalized spacial score (nSPS) is 10.0. The lowest BCUT2D eigenvalue weighted by Gasteiger charge is -1.93. The average molecular weight is 236 g/mol. The first-order valence-corrected chi connectivity index (χ1v) is 4.50. The molecule has 0 aliphatic rings. The number of nitrogens with two attached hydrogens (primary N) is 1. The minimum atomic E-state index is -0.489. The molecule has 11 heavy (non-hydrogen) atoms. The van der Waals surface area contributed by atoms with Crippen molar-refractivity contribution in [2.24, 2.45) is 0 Å². The van der Waals surface area contributed by atoms with Crippen molar-refractivity contribution in [2.75, 3.05) is 12.3 Å². The number of rotatable bonds is 2. The van der Waals surface area contributed by atoms with Crippen molar-refractivity contribution in [3.63, 3.8) is 0 Å². The maximum absolute atomic E-state index is 10.9. The van der Waals surface area contributed by atoms with E-state index in [1.165, 1.54) is 11.3 Å². The van der Waals surface area contributed by atoms with Gasteiger partial charge in [0, 0.05) is 5.38 Å². The van der Waals surface area contributed by atoms with Crippen LogP contribution in [0, 0.1) is 0 Å². The average Bonchev–Trinajstić information content (AvgIpc) is 2.32. The maximum atomic E-state index is 10.9. The van der Waals surface area contributed by atoms with Gasteiger partial charge in [-0.1, -0.05) is 0 Å². The Bertz CT molecular complexity index is 284. The number of hydrogen-bond acceptors (Lipinski definition) is 4. The van der Waals surface area contributed by atoms with Gasteiger partial charge in [0.15, 0.2) is 5.78 Å². The molecule has 1 heterocycles. The van der Waals surface area contributed by atoms with Gasteiger partial charge in [-0.05, 0) is 15.9 Å². The predicted octanol–water partition coefficient (Wildman–Crippen LogP) is 1.27. The van der Waals surface area contributed by atoms with Crippen LogP contribution in [-0.2, 0) is 0 Å². The lowest BCUT2D eigenvalue weighted by atomic mass is 10.3. The molecule has 0 saturated heterocycles. The Morgan fingerprint density at radius 2 is 2.45 bits per heavy atom. The molecule has 1 aromatic rings. The summed E-state index contributed by atoms with van der Waals surface area (Å²) in [6, 6.07) is 0. The van der Waals surface area contributed by atoms with E-state index in [9.17, 15) is 4.79 Å². The van der Waals surface area contributed by atoms with E-state index in [0.717, 1.165) is 0 Å². The van der Waals surface area contributed by atoms with Crippen LogP contribution < -0.4 is 5.73 Å². The number of thiophene rings is 1. The standard InChI is InChI=1S/C6H6BrNO2S/c7-3-2-11-6(5(3)8)4(10)1-9/h2,9H,1,8H2. The zero-order valence-electron chi connectivity index (χ0n) is 5.50. The van der Waals surface area contributed by atoms with E-state index in [1.807, 2.05) is 0 Å². The summed E-state index contributed by atoms with van der Waals surface area (Å²) in [7, 11) is 0. The fraction of sp³-hybridized carbons (Fsp3) is 0.167. The Morgan fingerprint density at radius 3 is 2.82 bits per heavy atom. The number of Topliss-reactive ketones (excluding diaryl/α,β-unsaturated/α-hetero) is 1. The molecule has 3 nitrogen and oxygen atoms in total. The molecule has 0 saturated carbocycles. The van der Waals surface area contributed by atoms with Crippen molar-refractivity contribution in [1.82, 2.24) is 0 Å². The first-order chi connectivity index (χ1) is 5.16. The van der Waals surface area contributed by atoms with E-state index >= 15 is 0 Å². The summed E-state index contributed by atoms with van der Waals surface area (Å²) in [5, 5.41) is 10.2. The zero-order valence-corrected chi connectivity index (χ0v) is 7.91. The minimum absolute atomic E-state index is 0.335. The Labute approximate surface area is 76.0 Å². The Morgan fingerprint density at radius 1 is 1.82 bits per heavy atom. The van der Waals surface area contributed by atoms with Crippen molar-refractivity contribution in [2.45, 2.75) is 0 Å². The highest BCUT2D eigenvalue weighted by molar-refractivity contribution is 9.10. The summed E-state index contributed by atoms with van der Waals surface area (Å²) in [4.78, 5) is 11.3. The number of halogens is 1. The summed E-state index contributed by atoms with van der Waals surface area (Å²) in [5.74, 6) is -0.335. The van der Waals surface area contributed by atoms with Crippen molar-refractivity contribution < 1.29 is 9.90 Å². The quantitative estimate of drug-likeness (QED) is 0.760. The molecule has 1 aromatic heterocycles. The highest BCUT2D eigenvalue weighted by Gasteiger charge is 2.12. The van der Waals surface area contributed by atoms with Gasteiger partial charge in [0.25, 0.3) is 0 Å². The Kier molecular flexibility index (Phi) is 2.64. The van der Waals surface area contributed by atoms with Crippen molar-refractivity contribution in [3.8, 4) is 0 Å². The molecule has 0 atom stereocenters.